The van der Waals surface area contributed by atoms with Gasteiger partial charge in [-0.2, -0.15) is 0 Å². The number of hydrogen-bond acceptors (Lipinski definition) is 30. The molecule has 0 unspecified atom stereocenters. The van der Waals surface area contributed by atoms with E-state index in [2.05, 4.69) is 27.2 Å². The lowest BCUT2D eigenvalue weighted by molar-refractivity contribution is -0.345. The summed E-state index contributed by atoms with van der Waals surface area (Å²) in [5.74, 6) is -9.25. The Morgan fingerprint density at radius 1 is 0.578 bits per heavy atom. The molecule has 0 radical (unpaired) electrons. The fraction of sp³-hybridized carbons (Fsp3) is 0.617. The molecule has 7 heterocycles. The molecule has 4 saturated carbocycles. The number of rotatable bonds is 20. The molecule has 9 fully saturated rings. The fourth-order valence-electron chi connectivity index (χ4n) is 22.3. The molecule has 24 atom stereocenters. The number of pyridine rings is 2. The Hall–Kier alpha value is -9.30. The largest absolute Gasteiger partial charge is 0.456 e. The van der Waals surface area contributed by atoms with Crippen LogP contribution in [0.3, 0.4) is 0 Å². The molecular formula is C94H119F2N5O27. The summed E-state index contributed by atoms with van der Waals surface area (Å²) in [6.07, 6.45) is -13.5. The van der Waals surface area contributed by atoms with Gasteiger partial charge in [-0.25, -0.2) is 37.5 Å². The van der Waals surface area contributed by atoms with Crippen LogP contribution in [0.1, 0.15) is 207 Å². The van der Waals surface area contributed by atoms with Crippen molar-refractivity contribution in [3.8, 4) is 0 Å². The Morgan fingerprint density at radius 2 is 0.977 bits per heavy atom. The van der Waals surface area contributed by atoms with Crippen molar-refractivity contribution in [3.05, 3.63) is 166 Å². The molecule has 2 aromatic carbocycles. The Morgan fingerprint density at radius 3 is 1.34 bits per heavy atom. The Kier molecular flexibility index (Phi) is 25.8. The summed E-state index contributed by atoms with van der Waals surface area (Å²) in [4.78, 5) is 120. The molecule has 5 aliphatic heterocycles. The van der Waals surface area contributed by atoms with Crippen LogP contribution in [-0.4, -0.2) is 246 Å². The SMILES string of the molecule is C=C[C@@H]1O[C@@H]2C3=C(C)[C@@H](OC(=O)[C@H](O)[C@@H](NC(=O)OC(C)(C)C)c4ncccc4F)C[C@@](O)([C@@H](OC(=O)c4ccccc4)[C@H]4[C@@](C)(CC[C@H]5OC[C@]54OC(C)=O)[C@@H]2O1)C3(C)C.CCC1(O)CN(C[C@@H]2O[C@@H]3C4=C(C)[C@@H](OC(=O)[C@H](O)[C@@H](NC(=O)OC(C)(C)C)c5ncccc5F)C[C@@](O)([C@@H](OC(=O)c5ccccc5)[C@H]5[C@@](C)(CC[C@H]6OC[C@]65OC(C)=O)[C@@H]3O2)C4(C)C)C1. The van der Waals surface area contributed by atoms with E-state index in [1.165, 1.54) is 44.4 Å². The van der Waals surface area contributed by atoms with Crippen molar-refractivity contribution < 1.29 is 139 Å². The van der Waals surface area contributed by atoms with Crippen molar-refractivity contribution in [2.24, 2.45) is 33.5 Å². The van der Waals surface area contributed by atoms with Crippen LogP contribution >= 0.6 is 0 Å². The van der Waals surface area contributed by atoms with Gasteiger partial charge in [0.1, 0.15) is 106 Å². The molecule has 6 aliphatic carbocycles. The first-order valence-electron chi connectivity index (χ1n) is 43.6. The number of amides is 2. The smallest absolute Gasteiger partial charge is 0.408 e. The molecule has 2 aromatic heterocycles. The molecule has 5 saturated heterocycles. The highest BCUT2D eigenvalue weighted by atomic mass is 19.1. The first kappa shape index (κ1) is 94.8. The molecule has 4 aromatic rings. The molecular weight excluding hydrogens is 1670 g/mol. The fourth-order valence-corrected chi connectivity index (χ4v) is 22.3. The number of benzene rings is 2. The first-order valence-corrected chi connectivity index (χ1v) is 43.6. The third-order valence-corrected chi connectivity index (χ3v) is 28.5. The van der Waals surface area contributed by atoms with E-state index in [4.69, 9.17) is 66.3 Å². The highest BCUT2D eigenvalue weighted by Gasteiger charge is 2.80. The van der Waals surface area contributed by atoms with Crippen LogP contribution in [0, 0.1) is 45.1 Å². The van der Waals surface area contributed by atoms with Crippen molar-refractivity contribution >= 4 is 48.0 Å². The summed E-state index contributed by atoms with van der Waals surface area (Å²) >= 11 is 0. The van der Waals surface area contributed by atoms with Gasteiger partial charge in [0, 0.05) is 80.4 Å². The lowest BCUT2D eigenvalue weighted by atomic mass is 9.45. The monoisotopic (exact) mass is 1790 g/mol. The second-order valence-corrected chi connectivity index (χ2v) is 39.6. The lowest BCUT2D eigenvalue weighted by Gasteiger charge is -2.68. The highest BCUT2D eigenvalue weighted by Crippen LogP contribution is 2.70. The molecule has 15 rings (SSSR count). The molecule has 0 spiro atoms. The molecule has 34 heteroatoms. The van der Waals surface area contributed by atoms with E-state index < -0.39 is 254 Å². The second kappa shape index (κ2) is 34.8. The van der Waals surface area contributed by atoms with Crippen LogP contribution in [0.2, 0.25) is 0 Å². The number of aromatic nitrogens is 2. The molecule has 696 valence electrons. The summed E-state index contributed by atoms with van der Waals surface area (Å²) in [7, 11) is 0. The number of halogens is 2. The number of β-amino-alcohol motifs (C(OH)–C–C–N with tert-alkyl or cyclic N) is 1. The summed E-state index contributed by atoms with van der Waals surface area (Å²) in [6.45, 7) is 33.4. The zero-order chi connectivity index (χ0) is 93.1. The zero-order valence-corrected chi connectivity index (χ0v) is 75.2. The van der Waals surface area contributed by atoms with E-state index in [9.17, 15) is 63.9 Å². The maximum atomic E-state index is 15.4. The van der Waals surface area contributed by atoms with Crippen LogP contribution in [0.5, 0.6) is 0 Å². The Balaban J connectivity index is 0.000000208. The normalized spacial score (nSPS) is 34.7. The molecule has 32 nitrogen and oxygen atoms in total. The minimum Gasteiger partial charge on any atom is -0.456 e. The van der Waals surface area contributed by atoms with Gasteiger partial charge < -0.3 is 102 Å². The van der Waals surface area contributed by atoms with Gasteiger partial charge in [0.15, 0.2) is 36.0 Å². The average Bonchev–Trinajstić information content (AvgIpc) is 1.12. The van der Waals surface area contributed by atoms with Gasteiger partial charge in [0.25, 0.3) is 0 Å². The molecule has 128 heavy (non-hydrogen) atoms. The standard InChI is InChI=1S/C49H64FN3O14.C45H55FN2O13/c1-10-47(59)23-53(24-47)22-32-63-37-33-26(2)30(62-42(57)36(55)35(34-29(50)17-14-20-51-34)52-43(58)67-44(4,5)6)21-49(60,45(33,7)8)40(65-41(56)28-15-12-11-13-16-28)38-46(9,39(37)64-32)19-18-31-48(38,25-61-31)66-27(3)54;1-10-29-57-34-30-23(2)27(56-39(52)33(50)32(31-26(46)17-14-20-47-31)48-40(53)61-41(4,5)6)21-45(54,42(30,7)8)37(59-38(51)25-15-12-11-13-16-25)35-43(9,36(34)58-29)19-18-28-44(35,22-55-28)60-24(3)49/h11-17,20,30-32,35-40,55,59-60H,10,18-19,21-25H2,1-9H3,(H,52,58);10-17,20,27-29,32-37,50,54H,1,18-19,21-22H2,2-9H3,(H,48,53)/t30-,31+,32+,35-,36+,37+,38-,39+,40-,46+,48-,49+;27-,28+,29+,32-,33+,34+,35-,36+,37-,43+,44-,45+/m00/s1. The second-order valence-electron chi connectivity index (χ2n) is 39.6. The minimum absolute atomic E-state index is 0.0705. The van der Waals surface area contributed by atoms with Crippen molar-refractivity contribution in [3.63, 3.8) is 0 Å². The van der Waals surface area contributed by atoms with Crippen LogP contribution < -0.4 is 10.6 Å². The van der Waals surface area contributed by atoms with E-state index >= 15 is 8.78 Å². The first-order chi connectivity index (χ1) is 59.9. The van der Waals surface area contributed by atoms with E-state index in [1.54, 1.807) is 144 Å². The van der Waals surface area contributed by atoms with E-state index in [-0.39, 0.29) is 30.9 Å². The van der Waals surface area contributed by atoms with Crippen molar-refractivity contribution in [1.82, 2.24) is 25.5 Å². The minimum atomic E-state index is -2.26. The number of nitrogens with zero attached hydrogens (tertiary/aromatic N) is 3. The quantitative estimate of drug-likeness (QED) is 0.0246. The number of ether oxygens (including phenoxy) is 14. The van der Waals surface area contributed by atoms with Gasteiger partial charge in [-0.05, 0) is 164 Å². The third kappa shape index (κ3) is 16.9. The van der Waals surface area contributed by atoms with Crippen molar-refractivity contribution in [2.75, 3.05) is 32.8 Å². The van der Waals surface area contributed by atoms with Gasteiger partial charge in [0.05, 0.1) is 54.0 Å². The number of likely N-dealkylation sites (tertiary alicyclic amines) is 1. The van der Waals surface area contributed by atoms with Crippen LogP contribution in [0.25, 0.3) is 0 Å². The number of carbonyl (C=O) groups is 8. The highest BCUT2D eigenvalue weighted by molar-refractivity contribution is 5.90. The van der Waals surface area contributed by atoms with Gasteiger partial charge in [0.2, 0.25) is 0 Å². The third-order valence-electron chi connectivity index (χ3n) is 28.5. The van der Waals surface area contributed by atoms with E-state index in [0.717, 1.165) is 12.1 Å². The van der Waals surface area contributed by atoms with Gasteiger partial charge in [-0.1, -0.05) is 91.4 Å². The summed E-state index contributed by atoms with van der Waals surface area (Å²) in [5, 5.41) is 66.8. The predicted molar refractivity (Wildman–Crippen MR) is 447 cm³/mol. The number of fused-ring (bicyclic) bond motifs is 16. The Labute approximate surface area is 741 Å². The molecule has 4 bridgehead atoms. The van der Waals surface area contributed by atoms with E-state index in [0.29, 0.717) is 67.5 Å². The van der Waals surface area contributed by atoms with Crippen LogP contribution in [0.4, 0.5) is 18.4 Å². The lowest BCUT2D eigenvalue weighted by Crippen LogP contribution is -2.79. The summed E-state index contributed by atoms with van der Waals surface area (Å²) in [5.41, 5.74) is -13.5. The van der Waals surface area contributed by atoms with Gasteiger partial charge >= 0.3 is 48.0 Å². The number of aliphatic hydroxyl groups excluding tert-OH is 2. The molecule has 7 N–H and O–H groups in total. The summed E-state index contributed by atoms with van der Waals surface area (Å²) < 4.78 is 119. The number of nitrogens with one attached hydrogen (secondary N) is 2. The van der Waals surface area contributed by atoms with Crippen LogP contribution in [0.15, 0.2) is 132 Å². The van der Waals surface area contributed by atoms with Crippen LogP contribution in [-0.2, 0) is 85.5 Å². The number of aliphatic hydroxyl groups is 5. The number of carbonyl (C=O) groups excluding carboxylic acids is 8. The van der Waals surface area contributed by atoms with Crippen molar-refractivity contribution in [2.45, 2.75) is 300 Å². The average molecular weight is 1790 g/mol. The van der Waals surface area contributed by atoms with E-state index in [1.807, 2.05) is 25.7 Å². The maximum absolute atomic E-state index is 15.4. The van der Waals surface area contributed by atoms with Crippen molar-refractivity contribution in [1.29, 1.82) is 0 Å². The predicted octanol–water partition coefficient (Wildman–Crippen LogP) is 9.65. The summed E-state index contributed by atoms with van der Waals surface area (Å²) in [6, 6.07) is 17.6. The Bertz CT molecular complexity index is 5000. The van der Waals surface area contributed by atoms with Gasteiger partial charge in [-0.3, -0.25) is 24.5 Å². The molecule has 11 aliphatic rings. The number of esters is 6. The number of alkyl carbamates (subject to hydrolysis) is 2. The topological polar surface area (TPSA) is 420 Å². The zero-order valence-electron chi connectivity index (χ0n) is 75.2. The van der Waals surface area contributed by atoms with Gasteiger partial charge in [-0.15, -0.1) is 0 Å². The maximum Gasteiger partial charge on any atom is 0.408 e. The number of hydrogen-bond donors (Lipinski definition) is 7. The molecule has 2 amide bonds.